The summed E-state index contributed by atoms with van der Waals surface area (Å²) in [5.74, 6) is 0.763. The second-order valence-electron chi connectivity index (χ2n) is 8.94. The van der Waals surface area contributed by atoms with Gasteiger partial charge >= 0.3 is 0 Å². The van der Waals surface area contributed by atoms with Gasteiger partial charge in [-0.3, -0.25) is 9.59 Å². The maximum atomic E-state index is 12.9. The molecule has 2 amide bonds. The molecular weight excluding hydrogens is 360 g/mol. The molecule has 5 rings (SSSR count). The Morgan fingerprint density at radius 2 is 1.48 bits per heavy atom. The number of amides is 2. The number of benzene rings is 2. The Kier molecular flexibility index (Phi) is 4.65. The van der Waals surface area contributed by atoms with Gasteiger partial charge in [0.2, 0.25) is 11.8 Å². The van der Waals surface area contributed by atoms with Crippen LogP contribution in [-0.2, 0) is 15.0 Å². The fourth-order valence-electron chi connectivity index (χ4n) is 5.27. The van der Waals surface area contributed by atoms with Crippen LogP contribution >= 0.6 is 0 Å². The van der Waals surface area contributed by atoms with Gasteiger partial charge in [-0.05, 0) is 30.4 Å². The molecule has 4 heteroatoms. The predicted octanol–water partition coefficient (Wildman–Crippen LogP) is 3.61. The first-order valence-electron chi connectivity index (χ1n) is 10.8. The molecule has 2 aromatic rings. The average Bonchev–Trinajstić information content (AvgIpc) is 3.54. The third kappa shape index (κ3) is 3.45. The van der Waals surface area contributed by atoms with Gasteiger partial charge in [-0.1, -0.05) is 60.7 Å². The van der Waals surface area contributed by atoms with Crippen molar-refractivity contribution < 1.29 is 9.59 Å². The highest BCUT2D eigenvalue weighted by Gasteiger charge is 2.44. The third-order valence-electron chi connectivity index (χ3n) is 6.94. The van der Waals surface area contributed by atoms with Gasteiger partial charge in [-0.2, -0.15) is 0 Å². The molecule has 2 aliphatic heterocycles. The standard InChI is InChI=1S/C25H28N2O2/c28-23-13-14-25(20-7-3-1-4-8-20,21-9-5-2-6-10-21)18-26(23)16-19-15-24(29)27(17-19)22-11-12-22/h1-10,19,22H,11-18H2/t19-/m0/s1. The fourth-order valence-corrected chi connectivity index (χ4v) is 5.27. The van der Waals surface area contributed by atoms with Gasteiger partial charge in [0.05, 0.1) is 0 Å². The fraction of sp³-hybridized carbons (Fsp3) is 0.440. The quantitative estimate of drug-likeness (QED) is 0.785. The van der Waals surface area contributed by atoms with Gasteiger partial charge < -0.3 is 9.80 Å². The van der Waals surface area contributed by atoms with Crippen LogP contribution in [0.2, 0.25) is 0 Å². The lowest BCUT2D eigenvalue weighted by Gasteiger charge is -2.44. The van der Waals surface area contributed by atoms with E-state index in [9.17, 15) is 9.59 Å². The first-order chi connectivity index (χ1) is 14.2. The molecule has 0 unspecified atom stereocenters. The highest BCUT2D eigenvalue weighted by Crippen LogP contribution is 2.41. The lowest BCUT2D eigenvalue weighted by atomic mass is 9.69. The molecule has 0 radical (unpaired) electrons. The highest BCUT2D eigenvalue weighted by molar-refractivity contribution is 5.80. The molecule has 0 N–H and O–H groups in total. The first-order valence-corrected chi connectivity index (χ1v) is 10.8. The van der Waals surface area contributed by atoms with E-state index in [1.165, 1.54) is 11.1 Å². The monoisotopic (exact) mass is 388 g/mol. The molecule has 3 aliphatic rings. The SMILES string of the molecule is O=C1CCC(c2ccccc2)(c2ccccc2)CN1C[C@@H]1CC(=O)N(C2CC2)C1. The first kappa shape index (κ1) is 18.4. The Bertz CT molecular complexity index is 852. The van der Waals surface area contributed by atoms with Crippen molar-refractivity contribution in [1.82, 2.24) is 9.80 Å². The molecule has 1 atom stereocenters. The normalized spacial score (nSPS) is 24.2. The van der Waals surface area contributed by atoms with Crippen LogP contribution in [0.15, 0.2) is 60.7 Å². The molecule has 2 heterocycles. The average molecular weight is 389 g/mol. The van der Waals surface area contributed by atoms with Crippen molar-refractivity contribution >= 4 is 11.8 Å². The largest absolute Gasteiger partial charge is 0.341 e. The Hall–Kier alpha value is -2.62. The molecule has 4 nitrogen and oxygen atoms in total. The van der Waals surface area contributed by atoms with Crippen molar-refractivity contribution in [2.75, 3.05) is 19.6 Å². The summed E-state index contributed by atoms with van der Waals surface area (Å²) < 4.78 is 0. The Labute approximate surface area is 172 Å². The van der Waals surface area contributed by atoms with E-state index in [-0.39, 0.29) is 23.1 Å². The number of piperidine rings is 1. The van der Waals surface area contributed by atoms with Crippen molar-refractivity contribution in [2.45, 2.75) is 43.6 Å². The maximum absolute atomic E-state index is 12.9. The van der Waals surface area contributed by atoms with Crippen LogP contribution in [-0.4, -0.2) is 47.3 Å². The van der Waals surface area contributed by atoms with E-state index in [2.05, 4.69) is 53.4 Å². The summed E-state index contributed by atoms with van der Waals surface area (Å²) >= 11 is 0. The van der Waals surface area contributed by atoms with E-state index in [0.717, 1.165) is 25.8 Å². The summed E-state index contributed by atoms with van der Waals surface area (Å²) in [6.45, 7) is 2.19. The Morgan fingerprint density at radius 3 is 2.07 bits per heavy atom. The highest BCUT2D eigenvalue weighted by atomic mass is 16.2. The predicted molar refractivity (Wildman–Crippen MR) is 112 cm³/mol. The summed E-state index contributed by atoms with van der Waals surface area (Å²) in [6, 6.07) is 21.7. The second-order valence-corrected chi connectivity index (χ2v) is 8.94. The van der Waals surface area contributed by atoms with Crippen LogP contribution in [0.4, 0.5) is 0 Å². The van der Waals surface area contributed by atoms with Crippen LogP contribution in [0.1, 0.15) is 43.2 Å². The van der Waals surface area contributed by atoms with Gasteiger partial charge in [-0.25, -0.2) is 0 Å². The molecule has 2 saturated heterocycles. The molecule has 29 heavy (non-hydrogen) atoms. The molecule has 0 spiro atoms. The molecule has 0 bridgehead atoms. The number of hydrogen-bond donors (Lipinski definition) is 0. The molecule has 1 aliphatic carbocycles. The van der Waals surface area contributed by atoms with Crippen molar-refractivity contribution in [2.24, 2.45) is 5.92 Å². The van der Waals surface area contributed by atoms with Gasteiger partial charge in [0, 0.05) is 49.9 Å². The van der Waals surface area contributed by atoms with E-state index in [1.54, 1.807) is 0 Å². The van der Waals surface area contributed by atoms with Crippen molar-refractivity contribution in [3.8, 4) is 0 Å². The van der Waals surface area contributed by atoms with E-state index >= 15 is 0 Å². The molecule has 150 valence electrons. The van der Waals surface area contributed by atoms with Crippen molar-refractivity contribution in [3.63, 3.8) is 0 Å². The molecule has 3 fully saturated rings. The topological polar surface area (TPSA) is 40.6 Å². The zero-order chi connectivity index (χ0) is 19.8. The number of likely N-dealkylation sites (tertiary alicyclic amines) is 2. The van der Waals surface area contributed by atoms with Crippen LogP contribution in [0, 0.1) is 5.92 Å². The van der Waals surface area contributed by atoms with Crippen LogP contribution < -0.4 is 0 Å². The number of carbonyl (C=O) groups excluding carboxylic acids is 2. The van der Waals surface area contributed by atoms with Gasteiger partial charge in [0.1, 0.15) is 0 Å². The van der Waals surface area contributed by atoms with Crippen LogP contribution in [0.3, 0.4) is 0 Å². The zero-order valence-electron chi connectivity index (χ0n) is 16.8. The Balaban J connectivity index is 1.42. The van der Waals surface area contributed by atoms with Crippen LogP contribution in [0.25, 0.3) is 0 Å². The summed E-state index contributed by atoms with van der Waals surface area (Å²) in [5.41, 5.74) is 2.35. The van der Waals surface area contributed by atoms with Gasteiger partial charge in [0.15, 0.2) is 0 Å². The minimum Gasteiger partial charge on any atom is -0.341 e. The van der Waals surface area contributed by atoms with Gasteiger partial charge in [-0.15, -0.1) is 0 Å². The summed E-state index contributed by atoms with van der Waals surface area (Å²) in [6.07, 6.45) is 4.26. The minimum absolute atomic E-state index is 0.185. The van der Waals surface area contributed by atoms with Crippen molar-refractivity contribution in [3.05, 3.63) is 71.8 Å². The number of rotatable bonds is 5. The zero-order valence-corrected chi connectivity index (χ0v) is 16.8. The van der Waals surface area contributed by atoms with E-state index in [4.69, 9.17) is 0 Å². The lowest BCUT2D eigenvalue weighted by molar-refractivity contribution is -0.135. The minimum atomic E-state index is -0.185. The number of nitrogens with zero attached hydrogens (tertiary/aromatic N) is 2. The number of carbonyl (C=O) groups is 2. The molecule has 1 saturated carbocycles. The van der Waals surface area contributed by atoms with Crippen LogP contribution in [0.5, 0.6) is 0 Å². The van der Waals surface area contributed by atoms with Gasteiger partial charge in [0.25, 0.3) is 0 Å². The molecule has 2 aromatic carbocycles. The van der Waals surface area contributed by atoms with E-state index in [0.29, 0.717) is 32.0 Å². The van der Waals surface area contributed by atoms with Crippen molar-refractivity contribution in [1.29, 1.82) is 0 Å². The summed E-state index contributed by atoms with van der Waals surface area (Å²) in [4.78, 5) is 29.3. The summed E-state index contributed by atoms with van der Waals surface area (Å²) in [7, 11) is 0. The smallest absolute Gasteiger partial charge is 0.223 e. The molecular formula is C25H28N2O2. The maximum Gasteiger partial charge on any atom is 0.223 e. The molecule has 0 aromatic heterocycles. The number of hydrogen-bond acceptors (Lipinski definition) is 2. The van der Waals surface area contributed by atoms with E-state index < -0.39 is 0 Å². The van der Waals surface area contributed by atoms with E-state index in [1.807, 2.05) is 17.0 Å². The Morgan fingerprint density at radius 1 is 0.862 bits per heavy atom. The lowest BCUT2D eigenvalue weighted by Crippen LogP contribution is -2.51. The third-order valence-corrected chi connectivity index (χ3v) is 6.94. The summed E-state index contributed by atoms with van der Waals surface area (Å²) in [5, 5.41) is 0. The second kappa shape index (κ2) is 7.33.